The monoisotopic (exact) mass is 225 g/mol. The number of fused-ring (bicyclic) bond motifs is 3. The second kappa shape index (κ2) is 3.35. The summed E-state index contributed by atoms with van der Waals surface area (Å²) in [6, 6.07) is 11.4. The van der Waals surface area contributed by atoms with E-state index in [0.717, 1.165) is 27.4 Å². The van der Waals surface area contributed by atoms with Crippen LogP contribution in [0.4, 0.5) is 0 Å². The Bertz CT molecular complexity index is 740. The fourth-order valence-corrected chi connectivity index (χ4v) is 2.30. The van der Waals surface area contributed by atoms with E-state index in [0.29, 0.717) is 5.56 Å². The summed E-state index contributed by atoms with van der Waals surface area (Å²) in [6.07, 6.45) is 0. The molecule has 0 bridgehead atoms. The van der Waals surface area contributed by atoms with Crippen molar-refractivity contribution in [2.45, 2.75) is 6.92 Å². The van der Waals surface area contributed by atoms with Crippen LogP contribution in [0.3, 0.4) is 0 Å². The normalized spacial score (nSPS) is 11.1. The topological polar surface area (TPSA) is 53.1 Å². The summed E-state index contributed by atoms with van der Waals surface area (Å²) >= 11 is 0. The molecule has 1 heterocycles. The molecule has 0 aliphatic heterocycles. The lowest BCUT2D eigenvalue weighted by atomic mass is 10.0. The van der Waals surface area contributed by atoms with Gasteiger partial charge < -0.3 is 10.1 Å². The average molecular weight is 225 g/mol. The number of rotatable bonds is 1. The lowest BCUT2D eigenvalue weighted by Crippen LogP contribution is -1.97. The van der Waals surface area contributed by atoms with Gasteiger partial charge in [-0.3, -0.25) is 0 Å². The zero-order valence-corrected chi connectivity index (χ0v) is 9.32. The molecule has 0 unspecified atom stereocenters. The first-order valence-electron chi connectivity index (χ1n) is 5.41. The van der Waals surface area contributed by atoms with Crippen molar-refractivity contribution in [2.75, 3.05) is 0 Å². The number of aromatic amines is 1. The van der Waals surface area contributed by atoms with Crippen LogP contribution in [-0.2, 0) is 0 Å². The first-order valence-corrected chi connectivity index (χ1v) is 5.41. The highest BCUT2D eigenvalue weighted by Gasteiger charge is 2.13. The molecule has 3 aromatic rings. The summed E-state index contributed by atoms with van der Waals surface area (Å²) in [5, 5.41) is 11.0. The maximum atomic E-state index is 11.3. The maximum Gasteiger partial charge on any atom is 0.336 e. The smallest absolute Gasteiger partial charge is 0.336 e. The van der Waals surface area contributed by atoms with E-state index in [-0.39, 0.29) is 0 Å². The standard InChI is InChI=1S/C14H11NO2/c1-8-6-10(14(16)17)13-9-4-2-3-5-11(9)15-12(13)7-8/h2-7,15H,1H3,(H,16,17). The van der Waals surface area contributed by atoms with Gasteiger partial charge >= 0.3 is 5.97 Å². The summed E-state index contributed by atoms with van der Waals surface area (Å²) in [5.41, 5.74) is 3.15. The molecule has 0 saturated heterocycles. The number of carboxylic acids is 1. The molecule has 3 rings (SSSR count). The number of benzene rings is 2. The van der Waals surface area contributed by atoms with E-state index in [1.165, 1.54) is 0 Å². The number of para-hydroxylation sites is 1. The number of H-pyrrole nitrogens is 1. The maximum absolute atomic E-state index is 11.3. The van der Waals surface area contributed by atoms with Crippen molar-refractivity contribution < 1.29 is 9.90 Å². The Morgan fingerprint density at radius 1 is 1.18 bits per heavy atom. The Hall–Kier alpha value is -2.29. The van der Waals surface area contributed by atoms with Crippen LogP contribution in [0.1, 0.15) is 15.9 Å². The largest absolute Gasteiger partial charge is 0.478 e. The Labute approximate surface area is 97.7 Å². The second-order valence-electron chi connectivity index (χ2n) is 4.21. The highest BCUT2D eigenvalue weighted by Crippen LogP contribution is 2.29. The third-order valence-corrected chi connectivity index (χ3v) is 2.98. The number of hydrogen-bond acceptors (Lipinski definition) is 1. The molecule has 2 aromatic carbocycles. The minimum absolute atomic E-state index is 0.359. The van der Waals surface area contributed by atoms with E-state index >= 15 is 0 Å². The molecule has 3 heteroatoms. The summed E-state index contributed by atoms with van der Waals surface area (Å²) < 4.78 is 0. The lowest BCUT2D eigenvalue weighted by Gasteiger charge is -2.00. The Morgan fingerprint density at radius 3 is 2.71 bits per heavy atom. The number of carbonyl (C=O) groups is 1. The summed E-state index contributed by atoms with van der Waals surface area (Å²) in [5.74, 6) is -0.886. The van der Waals surface area contributed by atoms with Gasteiger partial charge in [-0.05, 0) is 30.7 Å². The first kappa shape index (κ1) is 9.90. The molecule has 0 saturated carbocycles. The summed E-state index contributed by atoms with van der Waals surface area (Å²) in [6.45, 7) is 1.90. The molecule has 0 amide bonds. The van der Waals surface area contributed by atoms with Gasteiger partial charge in [-0.2, -0.15) is 0 Å². The van der Waals surface area contributed by atoms with Crippen LogP contribution in [0.25, 0.3) is 21.8 Å². The third-order valence-electron chi connectivity index (χ3n) is 2.98. The summed E-state index contributed by atoms with van der Waals surface area (Å²) in [4.78, 5) is 14.5. The van der Waals surface area contributed by atoms with Crippen molar-refractivity contribution >= 4 is 27.8 Å². The van der Waals surface area contributed by atoms with Crippen LogP contribution in [0.15, 0.2) is 36.4 Å². The molecule has 0 atom stereocenters. The molecule has 2 N–H and O–H groups in total. The van der Waals surface area contributed by atoms with E-state index in [2.05, 4.69) is 4.98 Å². The molecule has 0 radical (unpaired) electrons. The van der Waals surface area contributed by atoms with Crippen LogP contribution in [0, 0.1) is 6.92 Å². The average Bonchev–Trinajstić information content (AvgIpc) is 2.65. The van der Waals surface area contributed by atoms with Gasteiger partial charge in [-0.1, -0.05) is 18.2 Å². The van der Waals surface area contributed by atoms with E-state index in [1.807, 2.05) is 37.3 Å². The van der Waals surface area contributed by atoms with Crippen LogP contribution in [-0.4, -0.2) is 16.1 Å². The van der Waals surface area contributed by atoms with E-state index in [1.54, 1.807) is 6.07 Å². The van der Waals surface area contributed by atoms with Gasteiger partial charge in [0, 0.05) is 21.8 Å². The van der Waals surface area contributed by atoms with Crippen LogP contribution >= 0.6 is 0 Å². The van der Waals surface area contributed by atoms with Gasteiger partial charge in [-0.25, -0.2) is 4.79 Å². The van der Waals surface area contributed by atoms with E-state index < -0.39 is 5.97 Å². The van der Waals surface area contributed by atoms with Crippen molar-refractivity contribution in [1.29, 1.82) is 0 Å². The summed E-state index contributed by atoms with van der Waals surface area (Å²) in [7, 11) is 0. The molecule has 0 fully saturated rings. The Morgan fingerprint density at radius 2 is 1.94 bits per heavy atom. The predicted octanol–water partition coefficient (Wildman–Crippen LogP) is 3.33. The number of aryl methyl sites for hydroxylation is 1. The number of nitrogens with one attached hydrogen (secondary N) is 1. The molecule has 0 aliphatic carbocycles. The molecule has 3 nitrogen and oxygen atoms in total. The van der Waals surface area contributed by atoms with E-state index in [9.17, 15) is 9.90 Å². The van der Waals surface area contributed by atoms with Crippen LogP contribution in [0.2, 0.25) is 0 Å². The van der Waals surface area contributed by atoms with Crippen molar-refractivity contribution in [1.82, 2.24) is 4.98 Å². The van der Waals surface area contributed by atoms with Crippen molar-refractivity contribution in [3.63, 3.8) is 0 Å². The molecule has 0 spiro atoms. The molecule has 1 aromatic heterocycles. The molecular weight excluding hydrogens is 214 g/mol. The highest BCUT2D eigenvalue weighted by molar-refractivity contribution is 6.16. The number of carboxylic acid groups (broad SMARTS) is 1. The highest BCUT2D eigenvalue weighted by atomic mass is 16.4. The Balaban J connectivity index is 2.58. The second-order valence-corrected chi connectivity index (χ2v) is 4.21. The van der Waals surface area contributed by atoms with Crippen molar-refractivity contribution in [3.8, 4) is 0 Å². The number of aromatic carboxylic acids is 1. The zero-order valence-electron chi connectivity index (χ0n) is 9.32. The lowest BCUT2D eigenvalue weighted by molar-refractivity contribution is 0.0699. The van der Waals surface area contributed by atoms with Crippen LogP contribution in [0.5, 0.6) is 0 Å². The molecular formula is C14H11NO2. The van der Waals surface area contributed by atoms with Gasteiger partial charge in [0.05, 0.1) is 5.56 Å². The predicted molar refractivity (Wildman–Crippen MR) is 67.5 cm³/mol. The van der Waals surface area contributed by atoms with E-state index in [4.69, 9.17) is 0 Å². The quantitative estimate of drug-likeness (QED) is 0.667. The van der Waals surface area contributed by atoms with Gasteiger partial charge in [0.2, 0.25) is 0 Å². The zero-order chi connectivity index (χ0) is 12.0. The number of aromatic nitrogens is 1. The Kier molecular flexibility index (Phi) is 1.95. The van der Waals surface area contributed by atoms with Gasteiger partial charge in [0.15, 0.2) is 0 Å². The van der Waals surface area contributed by atoms with Gasteiger partial charge in [-0.15, -0.1) is 0 Å². The first-order chi connectivity index (χ1) is 8.16. The third kappa shape index (κ3) is 1.40. The van der Waals surface area contributed by atoms with Crippen molar-refractivity contribution in [2.24, 2.45) is 0 Å². The van der Waals surface area contributed by atoms with Crippen LogP contribution < -0.4 is 0 Å². The van der Waals surface area contributed by atoms with Gasteiger partial charge in [0.25, 0.3) is 0 Å². The van der Waals surface area contributed by atoms with Crippen molar-refractivity contribution in [3.05, 3.63) is 47.5 Å². The molecule has 17 heavy (non-hydrogen) atoms. The molecule has 0 aliphatic rings. The van der Waals surface area contributed by atoms with Gasteiger partial charge in [0.1, 0.15) is 0 Å². The minimum Gasteiger partial charge on any atom is -0.478 e. The minimum atomic E-state index is -0.886. The SMILES string of the molecule is Cc1cc(C(=O)O)c2c(c1)[nH]c1ccccc12. The fourth-order valence-electron chi connectivity index (χ4n) is 2.30. The molecule has 84 valence electrons. The fraction of sp³-hybridized carbons (Fsp3) is 0.0714. The number of hydrogen-bond donors (Lipinski definition) is 2.